The second kappa shape index (κ2) is 6.33. The van der Waals surface area contributed by atoms with Crippen molar-refractivity contribution in [2.45, 2.75) is 12.8 Å². The van der Waals surface area contributed by atoms with E-state index >= 15 is 0 Å². The van der Waals surface area contributed by atoms with Gasteiger partial charge in [0, 0.05) is 18.8 Å². The zero-order valence-electron chi connectivity index (χ0n) is 11.3. The quantitative estimate of drug-likeness (QED) is 0.706. The molecule has 0 fully saturated rings. The largest absolute Gasteiger partial charge is 0.349 e. The molecule has 2 nitrogen and oxygen atoms in total. The van der Waals surface area contributed by atoms with Crippen LogP contribution in [-0.2, 0) is 12.8 Å². The van der Waals surface area contributed by atoms with Gasteiger partial charge in [0.05, 0.1) is 10.0 Å². The highest BCUT2D eigenvalue weighted by Gasteiger charge is 2.10. The second-order valence-electron chi connectivity index (χ2n) is 4.83. The minimum absolute atomic E-state index is 0.581. The zero-order chi connectivity index (χ0) is 14.7. The number of aryl methyl sites for hydroxylation is 2. The van der Waals surface area contributed by atoms with E-state index in [1.807, 2.05) is 36.5 Å². The molecule has 3 aromatic rings. The van der Waals surface area contributed by atoms with Crippen LogP contribution in [0.3, 0.4) is 0 Å². The fourth-order valence-corrected chi connectivity index (χ4v) is 2.72. The Kier molecular flexibility index (Phi) is 4.28. The van der Waals surface area contributed by atoms with E-state index in [9.17, 15) is 0 Å². The Bertz CT molecular complexity index is 722. The van der Waals surface area contributed by atoms with Crippen LogP contribution in [0.5, 0.6) is 0 Å². The van der Waals surface area contributed by atoms with E-state index in [0.29, 0.717) is 10.0 Å². The molecule has 0 unspecified atom stereocenters. The molecule has 3 rings (SSSR count). The van der Waals surface area contributed by atoms with Crippen LogP contribution in [0.4, 0.5) is 0 Å². The van der Waals surface area contributed by atoms with Crippen molar-refractivity contribution in [3.8, 4) is 11.1 Å². The standard InChI is InChI=1S/C17H14Cl2N2/c18-15-10-13(6-7-17-20-8-9-21-17)14(11-16(15)19)12-4-2-1-3-5-12/h1-5,8-11H,6-7H2,(H,20,21). The third kappa shape index (κ3) is 3.29. The molecule has 21 heavy (non-hydrogen) atoms. The van der Waals surface area contributed by atoms with Crippen molar-refractivity contribution in [3.63, 3.8) is 0 Å². The summed E-state index contributed by atoms with van der Waals surface area (Å²) in [6.07, 6.45) is 5.30. The average molecular weight is 317 g/mol. The van der Waals surface area contributed by atoms with Gasteiger partial charge < -0.3 is 4.98 Å². The molecule has 0 aliphatic carbocycles. The number of imidazole rings is 1. The zero-order valence-corrected chi connectivity index (χ0v) is 12.8. The number of halogens is 2. The van der Waals surface area contributed by atoms with E-state index in [0.717, 1.165) is 29.8 Å². The van der Waals surface area contributed by atoms with Gasteiger partial charge >= 0.3 is 0 Å². The van der Waals surface area contributed by atoms with Crippen LogP contribution in [0.15, 0.2) is 54.9 Å². The normalized spacial score (nSPS) is 10.8. The van der Waals surface area contributed by atoms with Crippen LogP contribution in [0.25, 0.3) is 11.1 Å². The molecule has 0 amide bonds. The molecule has 0 aliphatic rings. The first-order chi connectivity index (χ1) is 10.2. The van der Waals surface area contributed by atoms with Gasteiger partial charge in [-0.1, -0.05) is 53.5 Å². The molecule has 1 aromatic heterocycles. The Hall–Kier alpha value is -1.77. The predicted molar refractivity (Wildman–Crippen MR) is 87.9 cm³/mol. The van der Waals surface area contributed by atoms with E-state index in [2.05, 4.69) is 22.1 Å². The summed E-state index contributed by atoms with van der Waals surface area (Å²) in [6.45, 7) is 0. The van der Waals surface area contributed by atoms with E-state index in [1.54, 1.807) is 6.20 Å². The number of hydrogen-bond acceptors (Lipinski definition) is 1. The van der Waals surface area contributed by atoms with E-state index in [4.69, 9.17) is 23.2 Å². The summed E-state index contributed by atoms with van der Waals surface area (Å²) < 4.78 is 0. The SMILES string of the molecule is Clc1cc(CCc2ncc[nH]2)c(-c2ccccc2)cc1Cl. The molecule has 0 bridgehead atoms. The molecule has 2 aromatic carbocycles. The van der Waals surface area contributed by atoms with Gasteiger partial charge in [-0.15, -0.1) is 0 Å². The predicted octanol–water partition coefficient (Wildman–Crippen LogP) is 5.17. The van der Waals surface area contributed by atoms with Crippen molar-refractivity contribution >= 4 is 23.2 Å². The van der Waals surface area contributed by atoms with Crippen molar-refractivity contribution in [2.75, 3.05) is 0 Å². The Morgan fingerprint density at radius 2 is 1.71 bits per heavy atom. The summed E-state index contributed by atoms with van der Waals surface area (Å²) in [7, 11) is 0. The third-order valence-corrected chi connectivity index (χ3v) is 4.14. The highest BCUT2D eigenvalue weighted by atomic mass is 35.5. The molecule has 0 saturated carbocycles. The Labute approximate surface area is 133 Å². The van der Waals surface area contributed by atoms with Crippen molar-refractivity contribution in [2.24, 2.45) is 0 Å². The first-order valence-corrected chi connectivity index (χ1v) is 7.51. The highest BCUT2D eigenvalue weighted by molar-refractivity contribution is 6.42. The number of nitrogens with zero attached hydrogens (tertiary/aromatic N) is 1. The molecule has 1 N–H and O–H groups in total. The number of aromatic nitrogens is 2. The maximum Gasteiger partial charge on any atom is 0.106 e. The number of rotatable bonds is 4. The fraction of sp³-hybridized carbons (Fsp3) is 0.118. The lowest BCUT2D eigenvalue weighted by atomic mass is 9.96. The number of nitrogens with one attached hydrogen (secondary N) is 1. The molecule has 106 valence electrons. The van der Waals surface area contributed by atoms with Gasteiger partial charge in [-0.05, 0) is 35.2 Å². The molecule has 0 aliphatic heterocycles. The maximum atomic E-state index is 6.18. The summed E-state index contributed by atoms with van der Waals surface area (Å²) in [5.74, 6) is 0.972. The van der Waals surface area contributed by atoms with Crippen LogP contribution in [0.2, 0.25) is 10.0 Å². The lowest BCUT2D eigenvalue weighted by Gasteiger charge is -2.11. The van der Waals surface area contributed by atoms with Crippen molar-refractivity contribution in [1.29, 1.82) is 0 Å². The van der Waals surface area contributed by atoms with Crippen molar-refractivity contribution in [1.82, 2.24) is 9.97 Å². The summed E-state index contributed by atoms with van der Waals surface area (Å²) in [5, 5.41) is 1.17. The van der Waals surface area contributed by atoms with Crippen molar-refractivity contribution in [3.05, 3.63) is 76.3 Å². The van der Waals surface area contributed by atoms with E-state index in [1.165, 1.54) is 5.56 Å². The van der Waals surface area contributed by atoms with Crippen LogP contribution in [0, 0.1) is 0 Å². The second-order valence-corrected chi connectivity index (χ2v) is 5.64. The number of aromatic amines is 1. The molecule has 4 heteroatoms. The van der Waals surface area contributed by atoms with Crippen LogP contribution >= 0.6 is 23.2 Å². The van der Waals surface area contributed by atoms with Crippen LogP contribution < -0.4 is 0 Å². The molecule has 1 heterocycles. The summed E-state index contributed by atoms with van der Waals surface area (Å²) in [6, 6.07) is 14.1. The monoisotopic (exact) mass is 316 g/mol. The van der Waals surface area contributed by atoms with E-state index < -0.39 is 0 Å². The first kappa shape index (κ1) is 14.2. The smallest absolute Gasteiger partial charge is 0.106 e. The fourth-order valence-electron chi connectivity index (χ4n) is 2.37. The molecule has 0 radical (unpaired) electrons. The van der Waals surface area contributed by atoms with Gasteiger partial charge in [0.15, 0.2) is 0 Å². The molecule has 0 atom stereocenters. The number of benzene rings is 2. The van der Waals surface area contributed by atoms with E-state index in [-0.39, 0.29) is 0 Å². The highest BCUT2D eigenvalue weighted by Crippen LogP contribution is 2.32. The lowest BCUT2D eigenvalue weighted by Crippen LogP contribution is -1.96. The maximum absolute atomic E-state index is 6.18. The Morgan fingerprint density at radius 3 is 2.43 bits per heavy atom. The lowest BCUT2D eigenvalue weighted by molar-refractivity contribution is 0.885. The van der Waals surface area contributed by atoms with Crippen LogP contribution in [0.1, 0.15) is 11.4 Å². The van der Waals surface area contributed by atoms with Gasteiger partial charge in [-0.2, -0.15) is 0 Å². The number of hydrogen-bond donors (Lipinski definition) is 1. The summed E-state index contributed by atoms with van der Waals surface area (Å²) in [5.41, 5.74) is 3.44. The molecular formula is C17H14Cl2N2. The van der Waals surface area contributed by atoms with Crippen LogP contribution in [-0.4, -0.2) is 9.97 Å². The minimum Gasteiger partial charge on any atom is -0.349 e. The minimum atomic E-state index is 0.581. The van der Waals surface area contributed by atoms with Gasteiger partial charge in [-0.25, -0.2) is 4.98 Å². The summed E-state index contributed by atoms with van der Waals surface area (Å²) >= 11 is 12.4. The van der Waals surface area contributed by atoms with Gasteiger partial charge in [-0.3, -0.25) is 0 Å². The first-order valence-electron chi connectivity index (χ1n) is 6.75. The Balaban J connectivity index is 1.96. The summed E-state index contributed by atoms with van der Waals surface area (Å²) in [4.78, 5) is 7.38. The van der Waals surface area contributed by atoms with Crippen molar-refractivity contribution < 1.29 is 0 Å². The molecule has 0 spiro atoms. The third-order valence-electron chi connectivity index (χ3n) is 3.42. The average Bonchev–Trinajstić information content (AvgIpc) is 3.02. The molecular weight excluding hydrogens is 303 g/mol. The molecule has 0 saturated heterocycles. The number of H-pyrrole nitrogens is 1. The van der Waals surface area contributed by atoms with Gasteiger partial charge in [0.25, 0.3) is 0 Å². The topological polar surface area (TPSA) is 28.7 Å². The van der Waals surface area contributed by atoms with Gasteiger partial charge in [0.2, 0.25) is 0 Å². The Morgan fingerprint density at radius 1 is 0.952 bits per heavy atom. The van der Waals surface area contributed by atoms with Gasteiger partial charge in [0.1, 0.15) is 5.82 Å².